The first-order valence-corrected chi connectivity index (χ1v) is 6.86. The topological polar surface area (TPSA) is 70.9 Å². The zero-order chi connectivity index (χ0) is 15.0. The van der Waals surface area contributed by atoms with Crippen molar-refractivity contribution in [3.05, 3.63) is 58.7 Å². The van der Waals surface area contributed by atoms with E-state index in [0.29, 0.717) is 16.3 Å². The molecular formula is C16H14ClN3O. The van der Waals surface area contributed by atoms with E-state index < -0.39 is 0 Å². The van der Waals surface area contributed by atoms with Gasteiger partial charge in [-0.1, -0.05) is 11.6 Å². The molecule has 106 valence electrons. The normalized spacial score (nSPS) is 10.8. The Morgan fingerprint density at radius 1 is 1.24 bits per heavy atom. The highest BCUT2D eigenvalue weighted by Gasteiger charge is 2.13. The number of hydrogen-bond acceptors (Lipinski definition) is 2. The van der Waals surface area contributed by atoms with Gasteiger partial charge in [0.05, 0.1) is 5.56 Å². The lowest BCUT2D eigenvalue weighted by atomic mass is 10.1. The number of nitrogens with two attached hydrogens (primary N) is 1. The maximum Gasteiger partial charge on any atom is 0.257 e. The molecular weight excluding hydrogens is 286 g/mol. The Kier molecular flexibility index (Phi) is 3.31. The summed E-state index contributed by atoms with van der Waals surface area (Å²) in [7, 11) is 0. The SMILES string of the molecule is Cc1cc(Cl)ccc1NC(=O)c1c[nH]c2ccc(N)cc12. The molecule has 4 N–H and O–H groups in total. The highest BCUT2D eigenvalue weighted by Crippen LogP contribution is 2.24. The summed E-state index contributed by atoms with van der Waals surface area (Å²) in [6.07, 6.45) is 1.69. The molecule has 0 aliphatic carbocycles. The van der Waals surface area contributed by atoms with Crippen molar-refractivity contribution in [3.8, 4) is 0 Å². The van der Waals surface area contributed by atoms with E-state index in [9.17, 15) is 4.79 Å². The molecule has 0 spiro atoms. The minimum absolute atomic E-state index is 0.183. The van der Waals surface area contributed by atoms with E-state index in [4.69, 9.17) is 17.3 Å². The van der Waals surface area contributed by atoms with Crippen LogP contribution >= 0.6 is 11.6 Å². The molecule has 3 rings (SSSR count). The van der Waals surface area contributed by atoms with Crippen molar-refractivity contribution in [2.75, 3.05) is 11.1 Å². The molecule has 0 saturated heterocycles. The van der Waals surface area contributed by atoms with Crippen molar-refractivity contribution >= 4 is 39.8 Å². The van der Waals surface area contributed by atoms with Crippen LogP contribution in [0, 0.1) is 6.92 Å². The third-order valence-electron chi connectivity index (χ3n) is 3.39. The van der Waals surface area contributed by atoms with E-state index in [0.717, 1.165) is 22.2 Å². The largest absolute Gasteiger partial charge is 0.399 e. The van der Waals surface area contributed by atoms with Gasteiger partial charge in [-0.15, -0.1) is 0 Å². The summed E-state index contributed by atoms with van der Waals surface area (Å²) < 4.78 is 0. The number of halogens is 1. The molecule has 1 heterocycles. The summed E-state index contributed by atoms with van der Waals surface area (Å²) in [5, 5.41) is 4.34. The van der Waals surface area contributed by atoms with E-state index in [2.05, 4.69) is 10.3 Å². The third kappa shape index (κ3) is 2.58. The zero-order valence-corrected chi connectivity index (χ0v) is 12.2. The summed E-state index contributed by atoms with van der Waals surface area (Å²) in [6.45, 7) is 1.90. The fraction of sp³-hybridized carbons (Fsp3) is 0.0625. The molecule has 3 aromatic rings. The number of aromatic amines is 1. The van der Waals surface area contributed by atoms with Gasteiger partial charge in [0.1, 0.15) is 0 Å². The van der Waals surface area contributed by atoms with Crippen molar-refractivity contribution in [2.45, 2.75) is 6.92 Å². The zero-order valence-electron chi connectivity index (χ0n) is 11.4. The minimum atomic E-state index is -0.183. The molecule has 5 heteroatoms. The Labute approximate surface area is 126 Å². The monoisotopic (exact) mass is 299 g/mol. The van der Waals surface area contributed by atoms with Crippen LogP contribution in [0.4, 0.5) is 11.4 Å². The Bertz CT molecular complexity index is 839. The van der Waals surface area contributed by atoms with E-state index in [-0.39, 0.29) is 5.91 Å². The number of nitrogen functional groups attached to an aromatic ring is 1. The smallest absolute Gasteiger partial charge is 0.257 e. The van der Waals surface area contributed by atoms with E-state index in [1.54, 1.807) is 30.5 Å². The van der Waals surface area contributed by atoms with Crippen molar-refractivity contribution in [1.82, 2.24) is 4.98 Å². The minimum Gasteiger partial charge on any atom is -0.399 e. The number of benzene rings is 2. The van der Waals surface area contributed by atoms with Gasteiger partial charge >= 0.3 is 0 Å². The van der Waals surface area contributed by atoms with Crippen LogP contribution < -0.4 is 11.1 Å². The average molecular weight is 300 g/mol. The van der Waals surface area contributed by atoms with E-state index in [1.807, 2.05) is 19.1 Å². The number of nitrogens with one attached hydrogen (secondary N) is 2. The van der Waals surface area contributed by atoms with Gasteiger partial charge in [-0.05, 0) is 48.9 Å². The van der Waals surface area contributed by atoms with Crippen molar-refractivity contribution in [3.63, 3.8) is 0 Å². The molecule has 2 aromatic carbocycles. The fourth-order valence-corrected chi connectivity index (χ4v) is 2.51. The van der Waals surface area contributed by atoms with Gasteiger partial charge in [0.15, 0.2) is 0 Å². The van der Waals surface area contributed by atoms with Crippen LogP contribution in [0.5, 0.6) is 0 Å². The first-order valence-electron chi connectivity index (χ1n) is 6.49. The lowest BCUT2D eigenvalue weighted by Gasteiger charge is -2.08. The molecule has 0 fully saturated rings. The highest BCUT2D eigenvalue weighted by molar-refractivity contribution is 6.30. The van der Waals surface area contributed by atoms with Crippen molar-refractivity contribution < 1.29 is 4.79 Å². The maximum atomic E-state index is 12.4. The summed E-state index contributed by atoms with van der Waals surface area (Å²) in [6, 6.07) is 10.8. The van der Waals surface area contributed by atoms with Crippen molar-refractivity contribution in [1.29, 1.82) is 0 Å². The van der Waals surface area contributed by atoms with Crippen LogP contribution in [0.25, 0.3) is 10.9 Å². The Morgan fingerprint density at radius 2 is 2.05 bits per heavy atom. The molecule has 1 aromatic heterocycles. The van der Waals surface area contributed by atoms with Gasteiger partial charge < -0.3 is 16.0 Å². The Morgan fingerprint density at radius 3 is 2.81 bits per heavy atom. The highest BCUT2D eigenvalue weighted by atomic mass is 35.5. The van der Waals surface area contributed by atoms with Crippen LogP contribution in [0.1, 0.15) is 15.9 Å². The van der Waals surface area contributed by atoms with Crippen molar-refractivity contribution in [2.24, 2.45) is 0 Å². The summed E-state index contributed by atoms with van der Waals surface area (Å²) >= 11 is 5.92. The predicted molar refractivity (Wildman–Crippen MR) is 86.9 cm³/mol. The lowest BCUT2D eigenvalue weighted by Crippen LogP contribution is -2.12. The number of carbonyl (C=O) groups is 1. The number of aryl methyl sites for hydroxylation is 1. The van der Waals surface area contributed by atoms with E-state index >= 15 is 0 Å². The lowest BCUT2D eigenvalue weighted by molar-refractivity contribution is 0.102. The second kappa shape index (κ2) is 5.14. The van der Waals surface area contributed by atoms with Crippen LogP contribution in [0.15, 0.2) is 42.6 Å². The molecule has 21 heavy (non-hydrogen) atoms. The van der Waals surface area contributed by atoms with Gasteiger partial charge in [-0.25, -0.2) is 0 Å². The number of carbonyl (C=O) groups excluding carboxylic acids is 1. The average Bonchev–Trinajstić information content (AvgIpc) is 2.85. The van der Waals surface area contributed by atoms with Gasteiger partial charge in [0.2, 0.25) is 0 Å². The number of anilines is 2. The first kappa shape index (κ1) is 13.5. The van der Waals surface area contributed by atoms with Gasteiger partial charge in [-0.3, -0.25) is 4.79 Å². The fourth-order valence-electron chi connectivity index (χ4n) is 2.28. The summed E-state index contributed by atoms with van der Waals surface area (Å²) in [5.41, 5.74) is 9.50. The molecule has 0 saturated carbocycles. The van der Waals surface area contributed by atoms with Gasteiger partial charge in [0.25, 0.3) is 5.91 Å². The quantitative estimate of drug-likeness (QED) is 0.627. The number of H-pyrrole nitrogens is 1. The number of rotatable bonds is 2. The number of amides is 1. The number of fused-ring (bicyclic) bond motifs is 1. The predicted octanol–water partition coefficient (Wildman–Crippen LogP) is 3.96. The summed E-state index contributed by atoms with van der Waals surface area (Å²) in [4.78, 5) is 15.5. The van der Waals surface area contributed by atoms with Gasteiger partial charge in [0, 0.05) is 33.5 Å². The molecule has 0 aliphatic heterocycles. The Hall–Kier alpha value is -2.46. The first-order chi connectivity index (χ1) is 10.0. The molecule has 4 nitrogen and oxygen atoms in total. The molecule has 0 atom stereocenters. The van der Waals surface area contributed by atoms with Crippen LogP contribution in [-0.4, -0.2) is 10.9 Å². The summed E-state index contributed by atoms with van der Waals surface area (Å²) in [5.74, 6) is -0.183. The molecule has 1 amide bonds. The van der Waals surface area contributed by atoms with Gasteiger partial charge in [-0.2, -0.15) is 0 Å². The molecule has 0 bridgehead atoms. The second-order valence-corrected chi connectivity index (χ2v) is 5.36. The third-order valence-corrected chi connectivity index (χ3v) is 3.62. The van der Waals surface area contributed by atoms with E-state index in [1.165, 1.54) is 0 Å². The van der Waals surface area contributed by atoms with Crippen LogP contribution in [0.3, 0.4) is 0 Å². The number of aromatic nitrogens is 1. The standard InChI is InChI=1S/C16H14ClN3O/c1-9-6-10(17)2-4-14(9)20-16(21)13-8-19-15-5-3-11(18)7-12(13)15/h2-8,19H,18H2,1H3,(H,20,21). The maximum absolute atomic E-state index is 12.4. The molecule has 0 radical (unpaired) electrons. The number of hydrogen-bond donors (Lipinski definition) is 3. The van der Waals surface area contributed by atoms with Crippen LogP contribution in [-0.2, 0) is 0 Å². The van der Waals surface area contributed by atoms with Crippen LogP contribution in [0.2, 0.25) is 5.02 Å². The second-order valence-electron chi connectivity index (χ2n) is 4.92. The molecule has 0 aliphatic rings. The Balaban J connectivity index is 1.95. The molecule has 0 unspecified atom stereocenters.